The summed E-state index contributed by atoms with van der Waals surface area (Å²) in [6, 6.07) is 6.83. The number of carbonyl (C=O) groups excluding carboxylic acids is 2. The Bertz CT molecular complexity index is 760. The molecule has 0 aliphatic rings. The van der Waals surface area contributed by atoms with Crippen molar-refractivity contribution in [2.24, 2.45) is 7.05 Å². The minimum Gasteiger partial charge on any atom is -0.340 e. The molecule has 0 aliphatic carbocycles. The summed E-state index contributed by atoms with van der Waals surface area (Å²) in [5, 5.41) is 7.03. The van der Waals surface area contributed by atoms with E-state index in [2.05, 4.69) is 10.4 Å². The molecule has 140 valence electrons. The zero-order valence-corrected chi connectivity index (χ0v) is 16.5. The molecule has 2 rings (SSSR count). The van der Waals surface area contributed by atoms with Crippen LogP contribution in [0.15, 0.2) is 36.7 Å². The number of nitrogens with zero attached hydrogens (tertiary/aromatic N) is 3. The SMILES string of the molecule is CSCCC(NC(=O)c1cccc(C)c1)C(=O)N(C)Cc1cnn(C)c1. The van der Waals surface area contributed by atoms with Crippen LogP contribution in [0.1, 0.15) is 27.9 Å². The molecule has 0 bridgehead atoms. The number of nitrogens with one attached hydrogen (secondary N) is 1. The highest BCUT2D eigenvalue weighted by Crippen LogP contribution is 2.10. The summed E-state index contributed by atoms with van der Waals surface area (Å²) in [4.78, 5) is 27.1. The summed E-state index contributed by atoms with van der Waals surface area (Å²) in [6.45, 7) is 2.40. The lowest BCUT2D eigenvalue weighted by molar-refractivity contribution is -0.132. The zero-order chi connectivity index (χ0) is 19.1. The van der Waals surface area contributed by atoms with Crippen LogP contribution in [0.25, 0.3) is 0 Å². The molecule has 0 saturated carbocycles. The van der Waals surface area contributed by atoms with E-state index in [0.29, 0.717) is 18.5 Å². The molecule has 1 unspecified atom stereocenters. The predicted molar refractivity (Wildman–Crippen MR) is 105 cm³/mol. The zero-order valence-electron chi connectivity index (χ0n) is 15.7. The van der Waals surface area contributed by atoms with Crippen LogP contribution in [0.5, 0.6) is 0 Å². The van der Waals surface area contributed by atoms with Crippen molar-refractivity contribution in [2.45, 2.75) is 25.9 Å². The van der Waals surface area contributed by atoms with Crippen molar-refractivity contribution in [1.82, 2.24) is 20.0 Å². The van der Waals surface area contributed by atoms with Gasteiger partial charge in [0.2, 0.25) is 5.91 Å². The first-order valence-corrected chi connectivity index (χ1v) is 9.89. The van der Waals surface area contributed by atoms with E-state index in [1.54, 1.807) is 40.7 Å². The van der Waals surface area contributed by atoms with Crippen LogP contribution in [0.3, 0.4) is 0 Å². The standard InChI is InChI=1S/C19H26N4O2S/c1-14-6-5-7-16(10-14)18(24)21-17(8-9-26-4)19(25)22(2)12-15-11-20-23(3)13-15/h5-7,10-11,13,17H,8-9,12H2,1-4H3,(H,21,24). The lowest BCUT2D eigenvalue weighted by Crippen LogP contribution is -2.47. The van der Waals surface area contributed by atoms with Gasteiger partial charge in [-0.3, -0.25) is 14.3 Å². The summed E-state index contributed by atoms with van der Waals surface area (Å²) in [5.41, 5.74) is 2.54. The van der Waals surface area contributed by atoms with E-state index in [9.17, 15) is 9.59 Å². The summed E-state index contributed by atoms with van der Waals surface area (Å²) < 4.78 is 1.71. The van der Waals surface area contributed by atoms with Crippen LogP contribution >= 0.6 is 11.8 Å². The van der Waals surface area contributed by atoms with Crippen LogP contribution in [0.4, 0.5) is 0 Å². The fourth-order valence-electron chi connectivity index (χ4n) is 2.69. The minimum absolute atomic E-state index is 0.0936. The molecule has 0 saturated heterocycles. The van der Waals surface area contributed by atoms with E-state index in [1.165, 1.54) is 0 Å². The quantitative estimate of drug-likeness (QED) is 0.769. The lowest BCUT2D eigenvalue weighted by Gasteiger charge is -2.24. The summed E-state index contributed by atoms with van der Waals surface area (Å²) in [6.07, 6.45) is 6.20. The molecule has 1 aromatic carbocycles. The Morgan fingerprint density at radius 3 is 2.77 bits per heavy atom. The molecule has 7 heteroatoms. The average molecular weight is 375 g/mol. The molecule has 0 aliphatic heterocycles. The van der Waals surface area contributed by atoms with Crippen molar-refractivity contribution in [3.8, 4) is 0 Å². The van der Waals surface area contributed by atoms with E-state index in [0.717, 1.165) is 16.9 Å². The number of hydrogen-bond donors (Lipinski definition) is 1. The number of thioether (sulfide) groups is 1. The van der Waals surface area contributed by atoms with Gasteiger partial charge >= 0.3 is 0 Å². The van der Waals surface area contributed by atoms with Gasteiger partial charge in [0.1, 0.15) is 6.04 Å². The molecule has 0 radical (unpaired) electrons. The Hall–Kier alpha value is -2.28. The summed E-state index contributed by atoms with van der Waals surface area (Å²) >= 11 is 1.66. The van der Waals surface area contributed by atoms with Crippen LogP contribution in [-0.4, -0.2) is 51.6 Å². The average Bonchev–Trinajstić information content (AvgIpc) is 3.02. The minimum atomic E-state index is -0.544. The highest BCUT2D eigenvalue weighted by molar-refractivity contribution is 7.98. The monoisotopic (exact) mass is 374 g/mol. The van der Waals surface area contributed by atoms with E-state index in [4.69, 9.17) is 0 Å². The third-order valence-corrected chi connectivity index (χ3v) is 4.69. The molecular formula is C19H26N4O2S. The van der Waals surface area contributed by atoms with E-state index >= 15 is 0 Å². The van der Waals surface area contributed by atoms with Crippen molar-refractivity contribution in [3.63, 3.8) is 0 Å². The highest BCUT2D eigenvalue weighted by Gasteiger charge is 2.24. The number of benzene rings is 1. The normalized spacial score (nSPS) is 11.8. The van der Waals surface area contributed by atoms with Gasteiger partial charge in [-0.2, -0.15) is 16.9 Å². The van der Waals surface area contributed by atoms with Crippen LogP contribution in [-0.2, 0) is 18.4 Å². The molecule has 0 spiro atoms. The van der Waals surface area contributed by atoms with Gasteiger partial charge in [0, 0.05) is 38.0 Å². The number of amides is 2. The third kappa shape index (κ3) is 5.62. The fourth-order valence-corrected chi connectivity index (χ4v) is 3.16. The molecule has 1 N–H and O–H groups in total. The van der Waals surface area contributed by atoms with Gasteiger partial charge in [0.15, 0.2) is 0 Å². The molecule has 2 aromatic rings. The number of aryl methyl sites for hydroxylation is 2. The Morgan fingerprint density at radius 1 is 1.38 bits per heavy atom. The van der Waals surface area contributed by atoms with Crippen molar-refractivity contribution in [3.05, 3.63) is 53.3 Å². The largest absolute Gasteiger partial charge is 0.340 e. The third-order valence-electron chi connectivity index (χ3n) is 4.05. The number of likely N-dealkylation sites (N-methyl/N-ethyl adjacent to an activating group) is 1. The molecule has 1 heterocycles. The topological polar surface area (TPSA) is 67.2 Å². The van der Waals surface area contributed by atoms with E-state index in [1.807, 2.05) is 44.6 Å². The van der Waals surface area contributed by atoms with E-state index < -0.39 is 6.04 Å². The molecule has 26 heavy (non-hydrogen) atoms. The lowest BCUT2D eigenvalue weighted by atomic mass is 10.1. The molecule has 6 nitrogen and oxygen atoms in total. The van der Waals surface area contributed by atoms with Gasteiger partial charge in [0.05, 0.1) is 6.20 Å². The fraction of sp³-hybridized carbons (Fsp3) is 0.421. The van der Waals surface area contributed by atoms with Gasteiger partial charge in [-0.1, -0.05) is 17.7 Å². The Labute approximate surface area is 159 Å². The van der Waals surface area contributed by atoms with Crippen LogP contribution in [0, 0.1) is 6.92 Å². The highest BCUT2D eigenvalue weighted by atomic mass is 32.2. The van der Waals surface area contributed by atoms with Gasteiger partial charge in [-0.15, -0.1) is 0 Å². The van der Waals surface area contributed by atoms with Crippen molar-refractivity contribution in [2.75, 3.05) is 19.1 Å². The number of carbonyl (C=O) groups is 2. The van der Waals surface area contributed by atoms with Gasteiger partial charge in [-0.05, 0) is 37.5 Å². The summed E-state index contributed by atoms with van der Waals surface area (Å²) in [5.74, 6) is 0.484. The smallest absolute Gasteiger partial charge is 0.251 e. The maximum absolute atomic E-state index is 12.9. The number of rotatable bonds is 8. The van der Waals surface area contributed by atoms with Gasteiger partial charge in [-0.25, -0.2) is 0 Å². The van der Waals surface area contributed by atoms with Crippen molar-refractivity contribution < 1.29 is 9.59 Å². The maximum Gasteiger partial charge on any atom is 0.251 e. The second-order valence-corrected chi connectivity index (χ2v) is 7.38. The first kappa shape index (κ1) is 20.0. The molecule has 2 amide bonds. The van der Waals surface area contributed by atoms with Crippen LogP contribution < -0.4 is 5.32 Å². The first-order chi connectivity index (χ1) is 12.4. The van der Waals surface area contributed by atoms with Crippen molar-refractivity contribution >= 4 is 23.6 Å². The van der Waals surface area contributed by atoms with E-state index in [-0.39, 0.29) is 11.8 Å². The number of aromatic nitrogens is 2. The predicted octanol–water partition coefficient (Wildman–Crippen LogP) is 2.24. The molecule has 1 atom stereocenters. The molecule has 0 fully saturated rings. The van der Waals surface area contributed by atoms with Crippen molar-refractivity contribution in [1.29, 1.82) is 0 Å². The Kier molecular flexibility index (Phi) is 7.26. The Morgan fingerprint density at radius 2 is 2.15 bits per heavy atom. The molecular weight excluding hydrogens is 348 g/mol. The Balaban J connectivity index is 2.06. The second-order valence-electron chi connectivity index (χ2n) is 6.39. The van der Waals surface area contributed by atoms with Crippen LogP contribution in [0.2, 0.25) is 0 Å². The molecule has 1 aromatic heterocycles. The summed E-state index contributed by atoms with van der Waals surface area (Å²) in [7, 11) is 3.59. The maximum atomic E-state index is 12.9. The second kappa shape index (κ2) is 9.43. The number of hydrogen-bond acceptors (Lipinski definition) is 4. The van der Waals surface area contributed by atoms with Gasteiger partial charge in [0.25, 0.3) is 5.91 Å². The first-order valence-electron chi connectivity index (χ1n) is 8.49. The van der Waals surface area contributed by atoms with Gasteiger partial charge < -0.3 is 10.2 Å².